The van der Waals surface area contributed by atoms with Crippen molar-refractivity contribution in [3.8, 4) is 0 Å². The number of nitrogens with zero attached hydrogens (tertiary/aromatic N) is 5. The molecule has 0 aliphatic rings. The summed E-state index contributed by atoms with van der Waals surface area (Å²) in [6.45, 7) is 3.65. The molecular formula is C15H20F3N5O. The van der Waals surface area contributed by atoms with Crippen LogP contribution in [-0.2, 0) is 18.4 Å². The second kappa shape index (κ2) is 6.29. The largest absolute Gasteiger partial charge is 0.408 e. The fraction of sp³-hybridized carbons (Fsp3) is 0.533. The molecule has 0 spiro atoms. The van der Waals surface area contributed by atoms with E-state index in [0.29, 0.717) is 22.8 Å². The Balaban J connectivity index is 2.29. The highest BCUT2D eigenvalue weighted by molar-refractivity contribution is 5.96. The van der Waals surface area contributed by atoms with Gasteiger partial charge in [0.05, 0.1) is 11.6 Å². The van der Waals surface area contributed by atoms with Crippen LogP contribution in [0.3, 0.4) is 0 Å². The molecule has 1 unspecified atom stereocenters. The van der Waals surface area contributed by atoms with Crippen molar-refractivity contribution in [3.63, 3.8) is 0 Å². The quantitative estimate of drug-likeness (QED) is 0.857. The number of hydrogen-bond acceptors (Lipinski definition) is 3. The van der Waals surface area contributed by atoms with Crippen LogP contribution in [0.4, 0.5) is 19.0 Å². The summed E-state index contributed by atoms with van der Waals surface area (Å²) >= 11 is 0. The van der Waals surface area contributed by atoms with Gasteiger partial charge in [-0.2, -0.15) is 23.4 Å². The number of hydrogen-bond donors (Lipinski definition) is 0. The Morgan fingerprint density at radius 1 is 1.33 bits per heavy atom. The summed E-state index contributed by atoms with van der Waals surface area (Å²) in [6, 6.07) is 1.69. The van der Waals surface area contributed by atoms with Gasteiger partial charge in [0.2, 0.25) is 5.91 Å². The summed E-state index contributed by atoms with van der Waals surface area (Å²) < 4.78 is 40.4. The molecule has 0 saturated heterocycles. The SMILES string of the molecule is Cc1nn(CC(F)(F)F)c(C)c1C(C)C(=O)N(C)c1ccn(C)n1. The first-order valence-corrected chi connectivity index (χ1v) is 7.39. The van der Waals surface area contributed by atoms with Crippen LogP contribution in [0.5, 0.6) is 0 Å². The third kappa shape index (κ3) is 3.60. The molecule has 2 aromatic rings. The van der Waals surface area contributed by atoms with E-state index in [-0.39, 0.29) is 5.91 Å². The van der Waals surface area contributed by atoms with Crippen LogP contribution >= 0.6 is 0 Å². The monoisotopic (exact) mass is 343 g/mol. The van der Waals surface area contributed by atoms with E-state index in [2.05, 4.69) is 10.2 Å². The average Bonchev–Trinajstić information content (AvgIpc) is 3.00. The van der Waals surface area contributed by atoms with Crippen LogP contribution in [0.2, 0.25) is 0 Å². The molecule has 2 rings (SSSR count). The second-order valence-corrected chi connectivity index (χ2v) is 5.82. The van der Waals surface area contributed by atoms with E-state index in [1.165, 1.54) is 4.90 Å². The smallest absolute Gasteiger partial charge is 0.298 e. The normalized spacial score (nSPS) is 13.2. The molecule has 0 bridgehead atoms. The van der Waals surface area contributed by atoms with Gasteiger partial charge in [-0.05, 0) is 20.8 Å². The highest BCUT2D eigenvalue weighted by atomic mass is 19.4. The molecule has 6 nitrogen and oxygen atoms in total. The maximum Gasteiger partial charge on any atom is 0.408 e. The van der Waals surface area contributed by atoms with Crippen molar-refractivity contribution in [1.82, 2.24) is 19.6 Å². The van der Waals surface area contributed by atoms with Gasteiger partial charge in [-0.15, -0.1) is 0 Å². The number of halogens is 3. The number of aromatic nitrogens is 4. The van der Waals surface area contributed by atoms with Crippen molar-refractivity contribution >= 4 is 11.7 Å². The molecule has 2 aromatic heterocycles. The number of amides is 1. The molecule has 9 heteroatoms. The molecule has 0 radical (unpaired) electrons. The maximum absolute atomic E-state index is 12.7. The number of alkyl halides is 3. The zero-order valence-corrected chi connectivity index (χ0v) is 14.2. The zero-order valence-electron chi connectivity index (χ0n) is 14.2. The number of carbonyl (C=O) groups is 1. The minimum atomic E-state index is -4.36. The minimum absolute atomic E-state index is 0.258. The Bertz CT molecular complexity index is 747. The molecule has 0 aliphatic heterocycles. The lowest BCUT2D eigenvalue weighted by Crippen LogP contribution is -2.31. The third-order valence-electron chi connectivity index (χ3n) is 3.94. The number of rotatable bonds is 4. The Hall–Kier alpha value is -2.32. The van der Waals surface area contributed by atoms with Crippen molar-refractivity contribution in [2.24, 2.45) is 7.05 Å². The van der Waals surface area contributed by atoms with Crippen molar-refractivity contribution < 1.29 is 18.0 Å². The fourth-order valence-electron chi connectivity index (χ4n) is 2.77. The first kappa shape index (κ1) is 18.0. The zero-order chi connectivity index (χ0) is 18.2. The number of likely N-dealkylation sites (N-methyl/N-ethyl adjacent to an activating group) is 1. The Morgan fingerprint density at radius 3 is 2.46 bits per heavy atom. The van der Waals surface area contributed by atoms with Crippen LogP contribution in [0.15, 0.2) is 12.3 Å². The molecule has 24 heavy (non-hydrogen) atoms. The lowest BCUT2D eigenvalue weighted by molar-refractivity contribution is -0.142. The van der Waals surface area contributed by atoms with Gasteiger partial charge in [-0.1, -0.05) is 0 Å². The first-order valence-electron chi connectivity index (χ1n) is 7.39. The van der Waals surface area contributed by atoms with E-state index in [1.54, 1.807) is 51.8 Å². The molecule has 0 fully saturated rings. The maximum atomic E-state index is 12.7. The molecule has 132 valence electrons. The van der Waals surface area contributed by atoms with Crippen LogP contribution in [0.25, 0.3) is 0 Å². The van der Waals surface area contributed by atoms with Gasteiger partial charge in [0.1, 0.15) is 6.54 Å². The highest BCUT2D eigenvalue weighted by Gasteiger charge is 2.32. The number of aryl methyl sites for hydroxylation is 2. The molecule has 0 aromatic carbocycles. The molecule has 0 saturated carbocycles. The van der Waals surface area contributed by atoms with Crippen molar-refractivity contribution in [3.05, 3.63) is 29.2 Å². The van der Waals surface area contributed by atoms with Crippen molar-refractivity contribution in [2.75, 3.05) is 11.9 Å². The van der Waals surface area contributed by atoms with Gasteiger partial charge >= 0.3 is 6.18 Å². The van der Waals surface area contributed by atoms with Gasteiger partial charge in [-0.25, -0.2) is 0 Å². The Kier molecular flexibility index (Phi) is 4.73. The van der Waals surface area contributed by atoms with Gasteiger partial charge in [0.15, 0.2) is 5.82 Å². The Morgan fingerprint density at radius 2 is 1.96 bits per heavy atom. The first-order chi connectivity index (χ1) is 11.0. The summed E-state index contributed by atoms with van der Waals surface area (Å²) in [4.78, 5) is 14.1. The lowest BCUT2D eigenvalue weighted by atomic mass is 9.98. The molecule has 1 atom stereocenters. The topological polar surface area (TPSA) is 56.0 Å². The molecular weight excluding hydrogens is 323 g/mol. The molecule has 2 heterocycles. The van der Waals surface area contributed by atoms with Crippen LogP contribution < -0.4 is 4.90 Å². The third-order valence-corrected chi connectivity index (χ3v) is 3.94. The summed E-state index contributed by atoms with van der Waals surface area (Å²) in [5.74, 6) is -0.405. The minimum Gasteiger partial charge on any atom is -0.298 e. The average molecular weight is 343 g/mol. The van der Waals surface area contributed by atoms with E-state index in [9.17, 15) is 18.0 Å². The fourth-order valence-corrected chi connectivity index (χ4v) is 2.77. The number of carbonyl (C=O) groups excluding carboxylic acids is 1. The van der Waals surface area contributed by atoms with Crippen LogP contribution in [-0.4, -0.2) is 38.7 Å². The van der Waals surface area contributed by atoms with E-state index >= 15 is 0 Å². The Labute approximate surface area is 137 Å². The van der Waals surface area contributed by atoms with Gasteiger partial charge in [0.25, 0.3) is 0 Å². The highest BCUT2D eigenvalue weighted by Crippen LogP contribution is 2.28. The predicted molar refractivity (Wildman–Crippen MR) is 82.8 cm³/mol. The van der Waals surface area contributed by atoms with E-state index in [4.69, 9.17) is 0 Å². The lowest BCUT2D eigenvalue weighted by Gasteiger charge is -2.20. The molecule has 0 aliphatic carbocycles. The van der Waals surface area contributed by atoms with E-state index in [0.717, 1.165) is 4.68 Å². The van der Waals surface area contributed by atoms with Gasteiger partial charge < -0.3 is 0 Å². The molecule has 0 N–H and O–H groups in total. The van der Waals surface area contributed by atoms with Crippen molar-refractivity contribution in [1.29, 1.82) is 0 Å². The summed E-state index contributed by atoms with van der Waals surface area (Å²) in [6.07, 6.45) is -2.65. The summed E-state index contributed by atoms with van der Waals surface area (Å²) in [7, 11) is 3.33. The summed E-state index contributed by atoms with van der Waals surface area (Å²) in [5.41, 5.74) is 1.29. The van der Waals surface area contributed by atoms with E-state index < -0.39 is 18.6 Å². The predicted octanol–water partition coefficient (Wildman–Crippen LogP) is 2.56. The van der Waals surface area contributed by atoms with Crippen LogP contribution in [0.1, 0.15) is 29.8 Å². The summed E-state index contributed by atoms with van der Waals surface area (Å²) in [5, 5.41) is 8.10. The standard InChI is InChI=1S/C15H20F3N5O/c1-9(14(24)22(5)12-6-7-21(4)20-12)13-10(2)19-23(11(13)3)8-15(16,17)18/h6-7,9H,8H2,1-5H3. The van der Waals surface area contributed by atoms with E-state index in [1.807, 2.05) is 0 Å². The second-order valence-electron chi connectivity index (χ2n) is 5.82. The van der Waals surface area contributed by atoms with Gasteiger partial charge in [-0.3, -0.25) is 19.1 Å². The number of anilines is 1. The van der Waals surface area contributed by atoms with Crippen LogP contribution in [0, 0.1) is 13.8 Å². The molecule has 1 amide bonds. The van der Waals surface area contributed by atoms with Crippen molar-refractivity contribution in [2.45, 2.75) is 39.4 Å². The van der Waals surface area contributed by atoms with Gasteiger partial charge in [0, 0.05) is 37.6 Å².